The number of rotatable bonds is 4. The highest BCUT2D eigenvalue weighted by molar-refractivity contribution is 7.10. The van der Waals surface area contributed by atoms with Crippen LogP contribution in [0.15, 0.2) is 28.8 Å². The molecule has 3 N–H and O–H groups in total. The smallest absolute Gasteiger partial charge is 0.319 e. The van der Waals surface area contributed by atoms with Crippen LogP contribution in [0.25, 0.3) is 0 Å². The van der Waals surface area contributed by atoms with Gasteiger partial charge in [0.25, 0.3) is 5.91 Å². The topological polar surface area (TPSA) is 70.2 Å². The molecule has 1 atom stereocenters. The molecule has 5 nitrogen and oxygen atoms in total. The second-order valence-electron chi connectivity index (χ2n) is 6.30. The van der Waals surface area contributed by atoms with Gasteiger partial charge >= 0.3 is 6.03 Å². The molecule has 0 aromatic carbocycles. The van der Waals surface area contributed by atoms with Crippen LogP contribution in [0.3, 0.4) is 0 Å². The maximum absolute atomic E-state index is 12.7. The Labute approximate surface area is 140 Å². The van der Waals surface area contributed by atoms with Crippen molar-refractivity contribution in [1.29, 1.82) is 0 Å². The molecule has 0 spiro atoms. The first kappa shape index (κ1) is 16.1. The molecule has 2 aliphatic rings. The third-order valence-electron chi connectivity index (χ3n) is 4.62. The molecule has 1 aromatic heterocycles. The van der Waals surface area contributed by atoms with E-state index >= 15 is 0 Å². The maximum Gasteiger partial charge on any atom is 0.319 e. The van der Waals surface area contributed by atoms with Crippen LogP contribution in [0, 0.1) is 5.92 Å². The maximum atomic E-state index is 12.7. The summed E-state index contributed by atoms with van der Waals surface area (Å²) in [5, 5.41) is 10.6. The van der Waals surface area contributed by atoms with Gasteiger partial charge in [0.1, 0.15) is 0 Å². The van der Waals surface area contributed by atoms with Crippen LogP contribution in [0.4, 0.5) is 4.79 Å². The summed E-state index contributed by atoms with van der Waals surface area (Å²) < 4.78 is 0. The van der Waals surface area contributed by atoms with E-state index in [-0.39, 0.29) is 18.0 Å². The van der Waals surface area contributed by atoms with Gasteiger partial charge < -0.3 is 16.0 Å². The van der Waals surface area contributed by atoms with Crippen molar-refractivity contribution in [3.05, 3.63) is 33.7 Å². The zero-order chi connectivity index (χ0) is 16.2. The summed E-state index contributed by atoms with van der Waals surface area (Å²) in [5.74, 6) is 0.499. The van der Waals surface area contributed by atoms with E-state index in [2.05, 4.69) is 16.0 Å². The number of hydrogen-bond acceptors (Lipinski definition) is 3. The molecule has 1 saturated carbocycles. The minimum Gasteiger partial charge on any atom is -0.352 e. The summed E-state index contributed by atoms with van der Waals surface area (Å²) in [5.41, 5.74) is 1.25. The number of amides is 3. The van der Waals surface area contributed by atoms with Gasteiger partial charge in [-0.2, -0.15) is 0 Å². The molecule has 1 aliphatic carbocycles. The summed E-state index contributed by atoms with van der Waals surface area (Å²) in [6, 6.07) is 3.25. The molecule has 2 heterocycles. The average molecular weight is 333 g/mol. The van der Waals surface area contributed by atoms with Crippen LogP contribution in [-0.4, -0.2) is 18.5 Å². The van der Waals surface area contributed by atoms with Crippen LogP contribution >= 0.6 is 11.3 Å². The number of thiophene rings is 1. The third-order valence-corrected chi connectivity index (χ3v) is 5.55. The highest BCUT2D eigenvalue weighted by Gasteiger charge is 2.31. The van der Waals surface area contributed by atoms with Crippen molar-refractivity contribution in [2.24, 2.45) is 5.92 Å². The molecule has 1 fully saturated rings. The highest BCUT2D eigenvalue weighted by atomic mass is 32.1. The number of hydrogen-bond donors (Lipinski definition) is 3. The van der Waals surface area contributed by atoms with Gasteiger partial charge in [-0.1, -0.05) is 25.3 Å². The molecule has 0 radical (unpaired) electrons. The van der Waals surface area contributed by atoms with Crippen molar-refractivity contribution in [3.8, 4) is 0 Å². The molecule has 0 saturated heterocycles. The fraction of sp³-hybridized carbons (Fsp3) is 0.529. The SMILES string of the molecule is CC1=C(C(=O)NCC2CCCCC2)C(c2cccs2)NC(=O)N1. The van der Waals surface area contributed by atoms with E-state index in [0.717, 1.165) is 11.4 Å². The lowest BCUT2D eigenvalue weighted by Gasteiger charge is -2.28. The predicted molar refractivity (Wildman–Crippen MR) is 91.0 cm³/mol. The first-order valence-electron chi connectivity index (χ1n) is 8.25. The molecule has 1 aliphatic heterocycles. The number of nitrogens with one attached hydrogen (secondary N) is 3. The Bertz CT molecular complexity index is 603. The Morgan fingerprint density at radius 2 is 2.13 bits per heavy atom. The van der Waals surface area contributed by atoms with Gasteiger partial charge in [0.2, 0.25) is 0 Å². The van der Waals surface area contributed by atoms with Crippen molar-refractivity contribution < 1.29 is 9.59 Å². The van der Waals surface area contributed by atoms with Gasteiger partial charge in [-0.25, -0.2) is 4.79 Å². The van der Waals surface area contributed by atoms with E-state index in [1.807, 2.05) is 17.5 Å². The van der Waals surface area contributed by atoms with Gasteiger partial charge in [-0.05, 0) is 37.1 Å². The van der Waals surface area contributed by atoms with Crippen LogP contribution in [0.1, 0.15) is 49.9 Å². The quantitative estimate of drug-likeness (QED) is 0.792. The second kappa shape index (κ2) is 7.17. The van der Waals surface area contributed by atoms with Crippen molar-refractivity contribution in [3.63, 3.8) is 0 Å². The molecule has 1 aromatic rings. The first-order chi connectivity index (χ1) is 11.1. The van der Waals surface area contributed by atoms with E-state index < -0.39 is 0 Å². The Hall–Kier alpha value is -1.82. The van der Waals surface area contributed by atoms with Gasteiger partial charge in [0.05, 0.1) is 11.6 Å². The Morgan fingerprint density at radius 1 is 1.35 bits per heavy atom. The van der Waals surface area contributed by atoms with Crippen LogP contribution < -0.4 is 16.0 Å². The standard InChI is InChI=1S/C17H23N3O2S/c1-11-14(16(21)18-10-12-6-3-2-4-7-12)15(20-17(22)19-11)13-8-5-9-23-13/h5,8-9,12,15H,2-4,6-7,10H2,1H3,(H,18,21)(H2,19,20,22). The van der Waals surface area contributed by atoms with E-state index in [0.29, 0.717) is 17.2 Å². The summed E-state index contributed by atoms with van der Waals surface area (Å²) in [7, 11) is 0. The molecule has 23 heavy (non-hydrogen) atoms. The predicted octanol–water partition coefficient (Wildman–Crippen LogP) is 3.07. The van der Waals surface area contributed by atoms with Gasteiger partial charge in [-0.15, -0.1) is 11.3 Å². The van der Waals surface area contributed by atoms with Crippen LogP contribution in [0.5, 0.6) is 0 Å². The number of urea groups is 1. The highest BCUT2D eigenvalue weighted by Crippen LogP contribution is 2.30. The van der Waals surface area contributed by atoms with Gasteiger partial charge in [-0.3, -0.25) is 4.79 Å². The number of carbonyl (C=O) groups is 2. The Kier molecular flexibility index (Phi) is 5.00. The van der Waals surface area contributed by atoms with Gasteiger partial charge in [0, 0.05) is 17.1 Å². The van der Waals surface area contributed by atoms with Crippen molar-refractivity contribution in [2.45, 2.75) is 45.1 Å². The molecule has 3 rings (SSSR count). The van der Waals surface area contributed by atoms with E-state index in [9.17, 15) is 9.59 Å². The lowest BCUT2D eigenvalue weighted by molar-refractivity contribution is -0.118. The lowest BCUT2D eigenvalue weighted by Crippen LogP contribution is -2.47. The van der Waals surface area contributed by atoms with Gasteiger partial charge in [0.15, 0.2) is 0 Å². The normalized spacial score (nSPS) is 22.5. The molecular formula is C17H23N3O2S. The first-order valence-corrected chi connectivity index (χ1v) is 9.13. The van der Waals surface area contributed by atoms with Crippen LogP contribution in [-0.2, 0) is 4.79 Å². The molecule has 124 valence electrons. The molecule has 0 bridgehead atoms. The Morgan fingerprint density at radius 3 is 2.83 bits per heavy atom. The van der Waals surface area contributed by atoms with E-state index in [4.69, 9.17) is 0 Å². The lowest BCUT2D eigenvalue weighted by atomic mass is 9.89. The van der Waals surface area contributed by atoms with Crippen molar-refractivity contribution in [1.82, 2.24) is 16.0 Å². The third kappa shape index (κ3) is 3.75. The number of carbonyl (C=O) groups excluding carboxylic acids is 2. The number of allylic oxidation sites excluding steroid dienone is 1. The molecular weight excluding hydrogens is 310 g/mol. The fourth-order valence-electron chi connectivity index (χ4n) is 3.39. The zero-order valence-corrected chi connectivity index (χ0v) is 14.2. The van der Waals surface area contributed by atoms with Crippen molar-refractivity contribution in [2.75, 3.05) is 6.54 Å². The van der Waals surface area contributed by atoms with E-state index in [1.54, 1.807) is 18.3 Å². The minimum atomic E-state index is -0.366. The van der Waals surface area contributed by atoms with E-state index in [1.165, 1.54) is 32.1 Å². The largest absolute Gasteiger partial charge is 0.352 e. The van der Waals surface area contributed by atoms with Crippen LogP contribution in [0.2, 0.25) is 0 Å². The average Bonchev–Trinajstić information content (AvgIpc) is 3.07. The molecule has 6 heteroatoms. The Balaban J connectivity index is 1.72. The fourth-order valence-corrected chi connectivity index (χ4v) is 4.17. The molecule has 3 amide bonds. The van der Waals surface area contributed by atoms with Crippen molar-refractivity contribution >= 4 is 23.3 Å². The summed E-state index contributed by atoms with van der Waals surface area (Å²) in [6.45, 7) is 2.51. The zero-order valence-electron chi connectivity index (χ0n) is 13.4. The minimum absolute atomic E-state index is 0.0843. The monoisotopic (exact) mass is 333 g/mol. The summed E-state index contributed by atoms with van der Waals surface area (Å²) in [6.07, 6.45) is 6.23. The second-order valence-corrected chi connectivity index (χ2v) is 7.28. The summed E-state index contributed by atoms with van der Waals surface area (Å²) >= 11 is 1.54. The molecule has 1 unspecified atom stereocenters. The summed E-state index contributed by atoms with van der Waals surface area (Å²) in [4.78, 5) is 25.5.